The highest BCUT2D eigenvalue weighted by Gasteiger charge is 2.09. The van der Waals surface area contributed by atoms with Crippen molar-refractivity contribution in [3.05, 3.63) is 58.7 Å². The molecule has 0 aliphatic heterocycles. The van der Waals surface area contributed by atoms with Crippen LogP contribution in [0.15, 0.2) is 36.4 Å². The first-order valence-corrected chi connectivity index (χ1v) is 6.04. The van der Waals surface area contributed by atoms with Crippen molar-refractivity contribution in [1.29, 1.82) is 5.26 Å². The van der Waals surface area contributed by atoms with Gasteiger partial charge in [0.2, 0.25) is 0 Å². The van der Waals surface area contributed by atoms with Crippen LogP contribution in [0, 0.1) is 25.2 Å². The molecule has 0 unspecified atom stereocenters. The van der Waals surface area contributed by atoms with Crippen molar-refractivity contribution < 1.29 is 14.6 Å². The molecular weight excluding hydrogens is 254 g/mol. The molecule has 20 heavy (non-hydrogen) atoms. The average Bonchev–Trinajstić information content (AvgIpc) is 2.42. The van der Waals surface area contributed by atoms with E-state index in [9.17, 15) is 4.79 Å². The molecule has 0 saturated heterocycles. The van der Waals surface area contributed by atoms with Gasteiger partial charge in [-0.3, -0.25) is 0 Å². The summed E-state index contributed by atoms with van der Waals surface area (Å²) in [6.45, 7) is 3.70. The number of carboxylic acid groups (broad SMARTS) is 1. The van der Waals surface area contributed by atoms with Crippen molar-refractivity contribution in [3.8, 4) is 17.6 Å². The van der Waals surface area contributed by atoms with Gasteiger partial charge in [-0.05, 0) is 55.3 Å². The summed E-state index contributed by atoms with van der Waals surface area (Å²) in [7, 11) is 0. The van der Waals surface area contributed by atoms with Gasteiger partial charge in [0.05, 0.1) is 17.2 Å². The van der Waals surface area contributed by atoms with Crippen molar-refractivity contribution in [2.75, 3.05) is 0 Å². The van der Waals surface area contributed by atoms with Crippen LogP contribution in [0.2, 0.25) is 0 Å². The number of aromatic carboxylic acids is 1. The molecule has 0 spiro atoms. The van der Waals surface area contributed by atoms with E-state index in [-0.39, 0.29) is 5.56 Å². The van der Waals surface area contributed by atoms with Crippen LogP contribution in [0.25, 0.3) is 0 Å². The summed E-state index contributed by atoms with van der Waals surface area (Å²) in [5.74, 6) is 0.107. The maximum absolute atomic E-state index is 10.9. The lowest BCUT2D eigenvalue weighted by Gasteiger charge is -2.12. The molecule has 4 nitrogen and oxygen atoms in total. The van der Waals surface area contributed by atoms with Gasteiger partial charge in [0, 0.05) is 0 Å². The summed E-state index contributed by atoms with van der Waals surface area (Å²) >= 11 is 0. The van der Waals surface area contributed by atoms with Crippen LogP contribution in [0.4, 0.5) is 0 Å². The van der Waals surface area contributed by atoms with E-state index in [0.717, 1.165) is 11.1 Å². The number of carbonyl (C=O) groups is 1. The standard InChI is InChI=1S/C16H13NO3/c1-10-6-12(9-17)7-11(2)15(10)20-14-5-3-4-13(8-14)16(18)19/h3-8H,1-2H3,(H,18,19). The highest BCUT2D eigenvalue weighted by atomic mass is 16.5. The third-order valence-corrected chi connectivity index (χ3v) is 2.89. The maximum Gasteiger partial charge on any atom is 0.335 e. The van der Waals surface area contributed by atoms with Gasteiger partial charge in [0.1, 0.15) is 11.5 Å². The van der Waals surface area contributed by atoms with Gasteiger partial charge >= 0.3 is 5.97 Å². The normalized spacial score (nSPS) is 9.85. The molecule has 2 rings (SSSR count). The monoisotopic (exact) mass is 267 g/mol. The number of nitrogens with zero attached hydrogens (tertiary/aromatic N) is 1. The maximum atomic E-state index is 10.9. The number of aryl methyl sites for hydroxylation is 2. The molecule has 2 aromatic carbocycles. The van der Waals surface area contributed by atoms with Gasteiger partial charge in [0.15, 0.2) is 0 Å². The average molecular weight is 267 g/mol. The molecule has 0 aromatic heterocycles. The fourth-order valence-corrected chi connectivity index (χ4v) is 1.99. The van der Waals surface area contributed by atoms with E-state index in [1.54, 1.807) is 24.3 Å². The van der Waals surface area contributed by atoms with Crippen LogP contribution in [0.3, 0.4) is 0 Å². The Labute approximate surface area is 116 Å². The summed E-state index contributed by atoms with van der Waals surface area (Å²) in [5.41, 5.74) is 2.42. The van der Waals surface area contributed by atoms with Gasteiger partial charge in [-0.25, -0.2) is 4.79 Å². The molecule has 0 fully saturated rings. The summed E-state index contributed by atoms with van der Waals surface area (Å²) in [6, 6.07) is 11.9. The Morgan fingerprint density at radius 3 is 2.40 bits per heavy atom. The molecule has 4 heteroatoms. The first-order chi connectivity index (χ1) is 9.51. The van der Waals surface area contributed by atoms with E-state index < -0.39 is 5.97 Å². The largest absolute Gasteiger partial charge is 0.478 e. The zero-order valence-corrected chi connectivity index (χ0v) is 11.2. The molecule has 0 heterocycles. The second kappa shape index (κ2) is 5.45. The fraction of sp³-hybridized carbons (Fsp3) is 0.125. The number of carboxylic acids is 1. The Morgan fingerprint density at radius 1 is 1.20 bits per heavy atom. The van der Waals surface area contributed by atoms with E-state index in [1.807, 2.05) is 13.8 Å². The number of rotatable bonds is 3. The molecule has 2 aromatic rings. The summed E-state index contributed by atoms with van der Waals surface area (Å²) in [4.78, 5) is 10.9. The Bertz CT molecular complexity index is 691. The Kier molecular flexibility index (Phi) is 3.72. The minimum atomic E-state index is -0.997. The predicted octanol–water partition coefficient (Wildman–Crippen LogP) is 3.67. The van der Waals surface area contributed by atoms with Crippen molar-refractivity contribution in [3.63, 3.8) is 0 Å². The Balaban J connectivity index is 2.38. The molecule has 100 valence electrons. The number of benzene rings is 2. The molecule has 0 amide bonds. The predicted molar refractivity (Wildman–Crippen MR) is 74.1 cm³/mol. The van der Waals surface area contributed by atoms with Crippen LogP contribution < -0.4 is 4.74 Å². The fourth-order valence-electron chi connectivity index (χ4n) is 1.99. The second-order valence-electron chi connectivity index (χ2n) is 4.49. The summed E-state index contributed by atoms with van der Waals surface area (Å²) < 4.78 is 5.76. The molecule has 0 bridgehead atoms. The van der Waals surface area contributed by atoms with Crippen LogP contribution in [0.1, 0.15) is 27.0 Å². The smallest absolute Gasteiger partial charge is 0.335 e. The summed E-state index contributed by atoms with van der Waals surface area (Å²) in [6.07, 6.45) is 0. The van der Waals surface area contributed by atoms with Crippen molar-refractivity contribution in [2.24, 2.45) is 0 Å². The zero-order valence-electron chi connectivity index (χ0n) is 11.2. The minimum Gasteiger partial charge on any atom is -0.478 e. The minimum absolute atomic E-state index is 0.173. The molecule has 0 saturated carbocycles. The number of hydrogen-bond donors (Lipinski definition) is 1. The van der Waals surface area contributed by atoms with E-state index in [4.69, 9.17) is 15.1 Å². The zero-order chi connectivity index (χ0) is 14.7. The summed E-state index contributed by atoms with van der Waals surface area (Å²) in [5, 5.41) is 17.9. The molecule has 1 N–H and O–H groups in total. The van der Waals surface area contributed by atoms with Gasteiger partial charge < -0.3 is 9.84 Å². The molecular formula is C16H13NO3. The highest BCUT2D eigenvalue weighted by Crippen LogP contribution is 2.30. The van der Waals surface area contributed by atoms with Crippen molar-refractivity contribution in [2.45, 2.75) is 13.8 Å². The van der Waals surface area contributed by atoms with E-state index in [0.29, 0.717) is 17.1 Å². The first kappa shape index (κ1) is 13.6. The Morgan fingerprint density at radius 2 is 1.85 bits per heavy atom. The van der Waals surface area contributed by atoms with Gasteiger partial charge in [-0.1, -0.05) is 6.07 Å². The lowest BCUT2D eigenvalue weighted by Crippen LogP contribution is -1.97. The molecule has 0 atom stereocenters. The van der Waals surface area contributed by atoms with E-state index in [1.165, 1.54) is 12.1 Å². The van der Waals surface area contributed by atoms with Crippen LogP contribution in [-0.4, -0.2) is 11.1 Å². The topological polar surface area (TPSA) is 70.3 Å². The van der Waals surface area contributed by atoms with E-state index >= 15 is 0 Å². The van der Waals surface area contributed by atoms with Crippen molar-refractivity contribution >= 4 is 5.97 Å². The molecule has 0 aliphatic carbocycles. The number of ether oxygens (including phenoxy) is 1. The SMILES string of the molecule is Cc1cc(C#N)cc(C)c1Oc1cccc(C(=O)O)c1. The first-order valence-electron chi connectivity index (χ1n) is 6.04. The second-order valence-corrected chi connectivity index (χ2v) is 4.49. The van der Waals surface area contributed by atoms with Crippen LogP contribution >= 0.6 is 0 Å². The quantitative estimate of drug-likeness (QED) is 0.921. The van der Waals surface area contributed by atoms with Crippen LogP contribution in [-0.2, 0) is 0 Å². The van der Waals surface area contributed by atoms with Gasteiger partial charge in [-0.15, -0.1) is 0 Å². The third-order valence-electron chi connectivity index (χ3n) is 2.89. The third kappa shape index (κ3) is 2.78. The lowest BCUT2D eigenvalue weighted by atomic mass is 10.1. The molecule has 0 aliphatic rings. The number of hydrogen-bond acceptors (Lipinski definition) is 3. The van der Waals surface area contributed by atoms with Gasteiger partial charge in [0.25, 0.3) is 0 Å². The van der Waals surface area contributed by atoms with Crippen molar-refractivity contribution in [1.82, 2.24) is 0 Å². The lowest BCUT2D eigenvalue weighted by molar-refractivity contribution is 0.0696. The van der Waals surface area contributed by atoms with Gasteiger partial charge in [-0.2, -0.15) is 5.26 Å². The van der Waals surface area contributed by atoms with Crippen LogP contribution in [0.5, 0.6) is 11.5 Å². The van der Waals surface area contributed by atoms with E-state index in [2.05, 4.69) is 6.07 Å². The highest BCUT2D eigenvalue weighted by molar-refractivity contribution is 5.88. The molecule has 0 radical (unpaired) electrons. The Hall–Kier alpha value is -2.80. The number of nitriles is 1.